The molecular weight excluding hydrogens is 340 g/mol. The second kappa shape index (κ2) is 6.41. The van der Waals surface area contributed by atoms with Crippen LogP contribution in [0.3, 0.4) is 0 Å². The molecule has 5 nitrogen and oxygen atoms in total. The summed E-state index contributed by atoms with van der Waals surface area (Å²) in [4.78, 5) is 11.5. The van der Waals surface area contributed by atoms with Crippen LogP contribution in [0.2, 0.25) is 0 Å². The van der Waals surface area contributed by atoms with Gasteiger partial charge in [-0.3, -0.25) is 0 Å². The van der Waals surface area contributed by atoms with Crippen LogP contribution in [-0.2, 0) is 6.54 Å². The number of halogens is 1. The summed E-state index contributed by atoms with van der Waals surface area (Å²) in [5.74, 6) is 1.12. The zero-order valence-corrected chi connectivity index (χ0v) is 14.0. The van der Waals surface area contributed by atoms with Crippen molar-refractivity contribution in [1.29, 1.82) is 0 Å². The molecule has 2 heterocycles. The van der Waals surface area contributed by atoms with E-state index in [4.69, 9.17) is 10.5 Å². The van der Waals surface area contributed by atoms with Gasteiger partial charge in [0.05, 0.1) is 12.6 Å². The first kappa shape index (κ1) is 15.1. The highest BCUT2D eigenvalue weighted by atomic mass is 79.9. The molecule has 0 fully saturated rings. The summed E-state index contributed by atoms with van der Waals surface area (Å²) in [6.07, 6.45) is 1.50. The maximum absolute atomic E-state index is 6.09. The number of hydrogen-bond acceptors (Lipinski definition) is 6. The van der Waals surface area contributed by atoms with Crippen molar-refractivity contribution in [3.8, 4) is 5.88 Å². The summed E-state index contributed by atoms with van der Waals surface area (Å²) < 4.78 is 6.67. The minimum Gasteiger partial charge on any atom is -0.473 e. The van der Waals surface area contributed by atoms with Crippen LogP contribution in [0.4, 0.5) is 11.5 Å². The second-order valence-corrected chi connectivity index (χ2v) is 6.58. The second-order valence-electron chi connectivity index (χ2n) is 4.67. The Labute approximate surface area is 130 Å². The lowest BCUT2D eigenvalue weighted by Crippen LogP contribution is -2.20. The number of nitrogens with zero attached hydrogens (tertiary/aromatic N) is 3. The summed E-state index contributed by atoms with van der Waals surface area (Å²) in [6.45, 7) is 4.61. The van der Waals surface area contributed by atoms with E-state index in [0.717, 1.165) is 11.0 Å². The number of thiophene rings is 1. The van der Waals surface area contributed by atoms with Gasteiger partial charge in [-0.25, -0.2) is 4.98 Å². The molecule has 20 heavy (non-hydrogen) atoms. The number of hydrogen-bond donors (Lipinski definition) is 1. The van der Waals surface area contributed by atoms with E-state index in [9.17, 15) is 0 Å². The molecule has 2 aromatic rings. The van der Waals surface area contributed by atoms with Gasteiger partial charge in [-0.2, -0.15) is 4.98 Å². The Morgan fingerprint density at radius 1 is 1.45 bits per heavy atom. The lowest BCUT2D eigenvalue weighted by atomic mass is 10.3. The Morgan fingerprint density at radius 2 is 2.20 bits per heavy atom. The fourth-order valence-corrected chi connectivity index (χ4v) is 3.24. The quantitative estimate of drug-likeness (QED) is 0.890. The van der Waals surface area contributed by atoms with Crippen molar-refractivity contribution >= 4 is 38.8 Å². The SMILES string of the molecule is CC(C)Oc1ncnc(N(C)Cc2cc(Br)cs2)c1N. The molecule has 0 unspecified atom stereocenters. The zero-order chi connectivity index (χ0) is 14.7. The molecule has 0 saturated carbocycles. The summed E-state index contributed by atoms with van der Waals surface area (Å²) in [7, 11) is 1.95. The molecule has 2 aromatic heterocycles. The van der Waals surface area contributed by atoms with Gasteiger partial charge >= 0.3 is 0 Å². The summed E-state index contributed by atoms with van der Waals surface area (Å²) >= 11 is 5.14. The third kappa shape index (κ3) is 3.61. The van der Waals surface area contributed by atoms with Gasteiger partial charge in [0.2, 0.25) is 5.88 Å². The predicted molar refractivity (Wildman–Crippen MR) is 86.3 cm³/mol. The van der Waals surface area contributed by atoms with Crippen LogP contribution in [-0.4, -0.2) is 23.1 Å². The van der Waals surface area contributed by atoms with E-state index >= 15 is 0 Å². The zero-order valence-electron chi connectivity index (χ0n) is 11.6. The third-order valence-corrected chi connectivity index (χ3v) is 4.23. The maximum atomic E-state index is 6.09. The fraction of sp³-hybridized carbons (Fsp3) is 0.385. The molecule has 0 aliphatic heterocycles. The van der Waals surface area contributed by atoms with E-state index in [1.165, 1.54) is 11.2 Å². The number of ether oxygens (including phenoxy) is 1. The van der Waals surface area contributed by atoms with E-state index < -0.39 is 0 Å². The molecule has 0 bridgehead atoms. The number of aromatic nitrogens is 2. The van der Waals surface area contributed by atoms with Gasteiger partial charge in [-0.15, -0.1) is 11.3 Å². The first-order chi connectivity index (χ1) is 9.47. The molecule has 0 atom stereocenters. The third-order valence-electron chi connectivity index (χ3n) is 2.55. The Kier molecular flexibility index (Phi) is 4.82. The van der Waals surface area contributed by atoms with E-state index in [1.54, 1.807) is 11.3 Å². The van der Waals surface area contributed by atoms with Gasteiger partial charge in [0, 0.05) is 21.8 Å². The van der Waals surface area contributed by atoms with Crippen LogP contribution in [0.5, 0.6) is 5.88 Å². The van der Waals surface area contributed by atoms with Crippen molar-refractivity contribution in [3.63, 3.8) is 0 Å². The van der Waals surface area contributed by atoms with Crippen LogP contribution in [0.1, 0.15) is 18.7 Å². The predicted octanol–water partition coefficient (Wildman–Crippen LogP) is 3.31. The van der Waals surface area contributed by atoms with E-state index in [2.05, 4.69) is 37.3 Å². The highest BCUT2D eigenvalue weighted by molar-refractivity contribution is 9.10. The Morgan fingerprint density at radius 3 is 2.80 bits per heavy atom. The van der Waals surface area contributed by atoms with Crippen molar-refractivity contribution in [2.75, 3.05) is 17.7 Å². The van der Waals surface area contributed by atoms with Crippen molar-refractivity contribution < 1.29 is 4.74 Å². The molecule has 0 aliphatic carbocycles. The normalized spacial score (nSPS) is 10.8. The van der Waals surface area contributed by atoms with Crippen molar-refractivity contribution in [2.24, 2.45) is 0 Å². The van der Waals surface area contributed by atoms with Gasteiger partial charge in [0.1, 0.15) is 12.0 Å². The average molecular weight is 357 g/mol. The fourth-order valence-electron chi connectivity index (χ4n) is 1.74. The minimum absolute atomic E-state index is 0.0265. The molecule has 2 N–H and O–H groups in total. The molecule has 2 rings (SSSR count). The van der Waals surface area contributed by atoms with Gasteiger partial charge < -0.3 is 15.4 Å². The Balaban J connectivity index is 2.19. The summed E-state index contributed by atoms with van der Waals surface area (Å²) in [5.41, 5.74) is 6.57. The topological polar surface area (TPSA) is 64.3 Å². The van der Waals surface area contributed by atoms with Crippen LogP contribution in [0.25, 0.3) is 0 Å². The molecule has 0 amide bonds. The summed E-state index contributed by atoms with van der Waals surface area (Å²) in [5, 5.41) is 2.06. The molecule has 7 heteroatoms. The number of nitrogen functional groups attached to an aromatic ring is 1. The number of rotatable bonds is 5. The molecule has 0 radical (unpaired) electrons. The lowest BCUT2D eigenvalue weighted by molar-refractivity contribution is 0.234. The largest absolute Gasteiger partial charge is 0.473 e. The number of anilines is 2. The average Bonchev–Trinajstić information content (AvgIpc) is 2.76. The molecule has 0 aromatic carbocycles. The molecule has 0 aliphatic rings. The Hall–Kier alpha value is -1.34. The standard InChI is InChI=1S/C13H17BrN4OS/c1-8(2)19-13-11(15)12(16-7-17-13)18(3)5-10-4-9(14)6-20-10/h4,6-8H,5,15H2,1-3H3. The first-order valence-electron chi connectivity index (χ1n) is 6.18. The van der Waals surface area contributed by atoms with Crippen LogP contribution in [0, 0.1) is 0 Å². The molecule has 0 spiro atoms. The summed E-state index contributed by atoms with van der Waals surface area (Å²) in [6, 6.07) is 2.09. The van der Waals surface area contributed by atoms with Gasteiger partial charge in [0.15, 0.2) is 5.82 Å². The van der Waals surface area contributed by atoms with Crippen molar-refractivity contribution in [3.05, 3.63) is 27.1 Å². The van der Waals surface area contributed by atoms with Gasteiger partial charge in [-0.1, -0.05) is 0 Å². The molecule has 108 valence electrons. The monoisotopic (exact) mass is 356 g/mol. The smallest absolute Gasteiger partial charge is 0.242 e. The van der Waals surface area contributed by atoms with E-state index in [0.29, 0.717) is 17.4 Å². The van der Waals surface area contributed by atoms with Gasteiger partial charge in [0.25, 0.3) is 0 Å². The van der Waals surface area contributed by atoms with Crippen molar-refractivity contribution in [2.45, 2.75) is 26.5 Å². The van der Waals surface area contributed by atoms with Crippen LogP contribution < -0.4 is 15.4 Å². The molecule has 0 saturated heterocycles. The lowest BCUT2D eigenvalue weighted by Gasteiger charge is -2.20. The minimum atomic E-state index is 0.0265. The Bertz CT molecular complexity index is 588. The van der Waals surface area contributed by atoms with E-state index in [-0.39, 0.29) is 6.10 Å². The van der Waals surface area contributed by atoms with Crippen molar-refractivity contribution in [1.82, 2.24) is 9.97 Å². The highest BCUT2D eigenvalue weighted by Crippen LogP contribution is 2.29. The van der Waals surface area contributed by atoms with Crippen LogP contribution >= 0.6 is 27.3 Å². The number of nitrogens with two attached hydrogens (primary N) is 1. The van der Waals surface area contributed by atoms with Gasteiger partial charge in [-0.05, 0) is 35.8 Å². The maximum Gasteiger partial charge on any atom is 0.242 e. The van der Waals surface area contributed by atoms with Crippen LogP contribution in [0.15, 0.2) is 22.2 Å². The molecular formula is C13H17BrN4OS. The highest BCUT2D eigenvalue weighted by Gasteiger charge is 2.14. The first-order valence-corrected chi connectivity index (χ1v) is 7.85. The van der Waals surface area contributed by atoms with E-state index in [1.807, 2.05) is 25.8 Å².